The minimum atomic E-state index is 0.363. The quantitative estimate of drug-likeness (QED) is 0.843. The van der Waals surface area contributed by atoms with Gasteiger partial charge in [-0.3, -0.25) is 14.8 Å². The summed E-state index contributed by atoms with van der Waals surface area (Å²) in [6, 6.07) is 8.74. The molecule has 0 saturated carbocycles. The smallest absolute Gasteiger partial charge is 0.117 e. The number of likely N-dealkylation sites (tertiary alicyclic amines) is 2. The number of rotatable bonds is 5. The summed E-state index contributed by atoms with van der Waals surface area (Å²) in [4.78, 5) is 9.35. The molecule has 0 radical (unpaired) electrons. The van der Waals surface area contributed by atoms with Crippen LogP contribution in [0.2, 0.25) is 0 Å². The normalized spacial score (nSPS) is 28.1. The fourth-order valence-corrected chi connectivity index (χ4v) is 4.29. The number of methoxy groups -OCH3 is 1. The van der Waals surface area contributed by atoms with Crippen molar-refractivity contribution < 1.29 is 9.15 Å². The average Bonchev–Trinajstić information content (AvgIpc) is 3.26. The first-order valence-corrected chi connectivity index (χ1v) is 8.74. The Morgan fingerprint density at radius 1 is 1.25 bits per heavy atom. The van der Waals surface area contributed by atoms with E-state index in [2.05, 4.69) is 26.9 Å². The van der Waals surface area contributed by atoms with Crippen LogP contribution in [0.5, 0.6) is 0 Å². The number of ether oxygens (including phenoxy) is 1. The number of nitrogens with zero attached hydrogens (tertiary/aromatic N) is 3. The number of hydrogen-bond donors (Lipinski definition) is 0. The second-order valence-corrected chi connectivity index (χ2v) is 6.90. The van der Waals surface area contributed by atoms with Crippen LogP contribution in [0.25, 0.3) is 0 Å². The fraction of sp³-hybridized carbons (Fsp3) is 0.526. The van der Waals surface area contributed by atoms with Gasteiger partial charge in [-0.05, 0) is 30.2 Å². The molecule has 0 N–H and O–H groups in total. The number of piperidine rings is 1. The third-order valence-electron chi connectivity index (χ3n) is 5.43. The molecule has 2 saturated heterocycles. The third-order valence-corrected chi connectivity index (χ3v) is 5.43. The van der Waals surface area contributed by atoms with Gasteiger partial charge < -0.3 is 9.15 Å². The van der Waals surface area contributed by atoms with Gasteiger partial charge in [0, 0.05) is 57.6 Å². The van der Waals surface area contributed by atoms with Gasteiger partial charge in [0.15, 0.2) is 0 Å². The topological polar surface area (TPSA) is 41.7 Å². The molecule has 0 amide bonds. The summed E-state index contributed by atoms with van der Waals surface area (Å²) < 4.78 is 11.4. The first kappa shape index (κ1) is 15.8. The number of hydrogen-bond acceptors (Lipinski definition) is 5. The van der Waals surface area contributed by atoms with Gasteiger partial charge in [-0.25, -0.2) is 0 Å². The van der Waals surface area contributed by atoms with Crippen LogP contribution < -0.4 is 0 Å². The molecule has 3 atom stereocenters. The molecule has 128 valence electrons. The molecular formula is C19H25N3O2. The molecule has 5 nitrogen and oxygen atoms in total. The molecule has 0 bridgehead atoms. The van der Waals surface area contributed by atoms with Crippen LogP contribution in [0.1, 0.15) is 17.7 Å². The van der Waals surface area contributed by atoms with Gasteiger partial charge in [-0.1, -0.05) is 6.07 Å². The van der Waals surface area contributed by atoms with Gasteiger partial charge in [0.2, 0.25) is 0 Å². The maximum Gasteiger partial charge on any atom is 0.117 e. The molecular weight excluding hydrogens is 302 g/mol. The molecule has 2 fully saturated rings. The SMILES string of the molecule is CO[C@@H]1CCN(Cc2ccco2)[C@@H]2CN(Cc3cccnc3)C[C@@H]21. The second-order valence-electron chi connectivity index (χ2n) is 6.90. The van der Waals surface area contributed by atoms with E-state index in [0.29, 0.717) is 18.1 Å². The summed E-state index contributed by atoms with van der Waals surface area (Å²) in [5.74, 6) is 1.62. The molecule has 24 heavy (non-hydrogen) atoms. The van der Waals surface area contributed by atoms with Crippen molar-refractivity contribution >= 4 is 0 Å². The van der Waals surface area contributed by atoms with Crippen molar-refractivity contribution in [1.29, 1.82) is 0 Å². The third kappa shape index (κ3) is 3.24. The molecule has 0 aromatic carbocycles. The van der Waals surface area contributed by atoms with E-state index < -0.39 is 0 Å². The highest BCUT2D eigenvalue weighted by Gasteiger charge is 2.44. The molecule has 2 aromatic rings. The van der Waals surface area contributed by atoms with Gasteiger partial charge in [-0.2, -0.15) is 0 Å². The minimum Gasteiger partial charge on any atom is -0.468 e. The zero-order valence-electron chi connectivity index (χ0n) is 14.2. The van der Waals surface area contributed by atoms with Crippen molar-refractivity contribution in [2.24, 2.45) is 5.92 Å². The average molecular weight is 327 g/mol. The molecule has 0 aliphatic carbocycles. The molecule has 0 spiro atoms. The van der Waals surface area contributed by atoms with Crippen molar-refractivity contribution in [1.82, 2.24) is 14.8 Å². The summed E-state index contributed by atoms with van der Waals surface area (Å²) in [5, 5.41) is 0. The van der Waals surface area contributed by atoms with Gasteiger partial charge in [0.25, 0.3) is 0 Å². The van der Waals surface area contributed by atoms with Crippen molar-refractivity contribution in [3.05, 3.63) is 54.2 Å². The van der Waals surface area contributed by atoms with E-state index in [-0.39, 0.29) is 0 Å². The number of aromatic nitrogens is 1. The monoisotopic (exact) mass is 327 g/mol. The predicted molar refractivity (Wildman–Crippen MR) is 91.3 cm³/mol. The number of furan rings is 1. The lowest BCUT2D eigenvalue weighted by molar-refractivity contribution is -0.0262. The predicted octanol–water partition coefficient (Wildman–Crippen LogP) is 2.40. The number of fused-ring (bicyclic) bond motifs is 1. The number of pyridine rings is 1. The lowest BCUT2D eigenvalue weighted by atomic mass is 9.89. The highest BCUT2D eigenvalue weighted by atomic mass is 16.5. The Morgan fingerprint density at radius 3 is 2.96 bits per heavy atom. The van der Waals surface area contributed by atoms with Crippen LogP contribution in [-0.4, -0.2) is 53.7 Å². The van der Waals surface area contributed by atoms with E-state index in [4.69, 9.17) is 9.15 Å². The van der Waals surface area contributed by atoms with Crippen LogP contribution in [0.4, 0.5) is 0 Å². The van der Waals surface area contributed by atoms with E-state index in [9.17, 15) is 0 Å². The van der Waals surface area contributed by atoms with Gasteiger partial charge in [0.1, 0.15) is 5.76 Å². The summed E-state index contributed by atoms with van der Waals surface area (Å²) in [6.45, 7) is 5.10. The fourth-order valence-electron chi connectivity index (χ4n) is 4.29. The minimum absolute atomic E-state index is 0.363. The standard InChI is InChI=1S/C19H25N3O2/c1-23-19-6-8-22(12-16-5-3-9-24-16)18-14-21(13-17(18)19)11-15-4-2-7-20-10-15/h2-5,7,9-10,17-19H,6,8,11-14H2,1H3/t17-,18+,19+/m0/s1. The Kier molecular flexibility index (Phi) is 4.65. The summed E-state index contributed by atoms with van der Waals surface area (Å²) in [7, 11) is 1.85. The first-order valence-electron chi connectivity index (χ1n) is 8.74. The molecule has 2 aliphatic heterocycles. The molecule has 2 aliphatic rings. The molecule has 4 rings (SSSR count). The lowest BCUT2D eigenvalue weighted by Crippen LogP contribution is -2.50. The Bertz CT molecular complexity index is 631. The van der Waals surface area contributed by atoms with Crippen molar-refractivity contribution in [2.45, 2.75) is 31.7 Å². The van der Waals surface area contributed by atoms with Gasteiger partial charge in [0.05, 0.1) is 18.9 Å². The highest BCUT2D eigenvalue weighted by molar-refractivity contribution is 5.10. The van der Waals surface area contributed by atoms with E-state index in [1.807, 2.05) is 31.6 Å². The van der Waals surface area contributed by atoms with Crippen LogP contribution in [0.3, 0.4) is 0 Å². The molecule has 0 unspecified atom stereocenters. The summed E-state index contributed by atoms with van der Waals surface area (Å²) in [6.07, 6.45) is 7.02. The summed E-state index contributed by atoms with van der Waals surface area (Å²) >= 11 is 0. The van der Waals surface area contributed by atoms with Crippen molar-refractivity contribution in [3.63, 3.8) is 0 Å². The Balaban J connectivity index is 1.47. The Hall–Kier alpha value is -1.69. The van der Waals surface area contributed by atoms with Crippen molar-refractivity contribution in [3.8, 4) is 0 Å². The van der Waals surface area contributed by atoms with E-state index >= 15 is 0 Å². The Morgan fingerprint density at radius 2 is 2.21 bits per heavy atom. The Labute approximate surface area is 143 Å². The maximum atomic E-state index is 5.80. The van der Waals surface area contributed by atoms with Crippen LogP contribution >= 0.6 is 0 Å². The van der Waals surface area contributed by atoms with Gasteiger partial charge >= 0.3 is 0 Å². The first-order chi connectivity index (χ1) is 11.8. The zero-order chi connectivity index (χ0) is 16.4. The summed E-state index contributed by atoms with van der Waals surface area (Å²) in [5.41, 5.74) is 1.28. The molecule has 5 heteroatoms. The van der Waals surface area contributed by atoms with E-state index in [1.54, 1.807) is 6.26 Å². The van der Waals surface area contributed by atoms with Crippen LogP contribution in [-0.2, 0) is 17.8 Å². The van der Waals surface area contributed by atoms with Crippen LogP contribution in [0, 0.1) is 5.92 Å². The largest absolute Gasteiger partial charge is 0.468 e. The van der Waals surface area contributed by atoms with E-state index in [1.165, 1.54) is 5.56 Å². The molecule has 4 heterocycles. The highest BCUT2D eigenvalue weighted by Crippen LogP contribution is 2.34. The second kappa shape index (κ2) is 7.05. The van der Waals surface area contributed by atoms with Crippen LogP contribution in [0.15, 0.2) is 47.3 Å². The van der Waals surface area contributed by atoms with E-state index in [0.717, 1.165) is 44.9 Å². The maximum absolute atomic E-state index is 5.80. The zero-order valence-corrected chi connectivity index (χ0v) is 14.2. The van der Waals surface area contributed by atoms with Gasteiger partial charge in [-0.15, -0.1) is 0 Å². The van der Waals surface area contributed by atoms with Crippen molar-refractivity contribution in [2.75, 3.05) is 26.7 Å². The lowest BCUT2D eigenvalue weighted by Gasteiger charge is -2.40. The molecule has 2 aromatic heterocycles.